The van der Waals surface area contributed by atoms with Gasteiger partial charge in [0.05, 0.1) is 6.34 Å². The lowest BCUT2D eigenvalue weighted by atomic mass is 10.2. The predicted octanol–water partition coefficient (Wildman–Crippen LogP) is 1.20. The van der Waals surface area contributed by atoms with Crippen molar-refractivity contribution in [2.75, 3.05) is 0 Å². The molecule has 1 amide bonds. The molecule has 0 atom stereocenters. The molecule has 0 N–H and O–H groups in total. The fourth-order valence-corrected chi connectivity index (χ4v) is 0.953. The first kappa shape index (κ1) is 10.1. The van der Waals surface area contributed by atoms with E-state index in [0.717, 1.165) is 0 Å². The summed E-state index contributed by atoms with van der Waals surface area (Å²) in [5.41, 5.74) is 0. The predicted molar refractivity (Wildman–Crippen MR) is 46.3 cm³/mol. The van der Waals surface area contributed by atoms with E-state index in [1.807, 2.05) is 4.90 Å². The summed E-state index contributed by atoms with van der Waals surface area (Å²) in [6.45, 7) is 8.21. The molecule has 0 heterocycles. The Kier molecular flexibility index (Phi) is 4.50. The number of rotatable bonds is 4. The summed E-state index contributed by atoms with van der Waals surface area (Å²) in [5, 5.41) is 0. The molecule has 0 saturated carbocycles. The van der Waals surface area contributed by atoms with Crippen LogP contribution in [0, 0.1) is 0 Å². The largest absolute Gasteiger partial charge is 0.358 e. The maximum atomic E-state index is 9.80. The summed E-state index contributed by atoms with van der Waals surface area (Å²) in [7, 11) is 0. The molecular formula is C8H15N2O. The van der Waals surface area contributed by atoms with E-state index in [2.05, 4.69) is 32.7 Å². The molecule has 0 unspecified atom stereocenters. The van der Waals surface area contributed by atoms with Crippen LogP contribution in [0.3, 0.4) is 0 Å². The summed E-state index contributed by atoms with van der Waals surface area (Å²) in [6, 6.07) is 0.735. The molecule has 3 heteroatoms. The number of hydrogen-bond acceptors (Lipinski definition) is 1. The van der Waals surface area contributed by atoms with Crippen LogP contribution in [0.15, 0.2) is 4.99 Å². The normalized spacial score (nSPS) is 11.5. The standard InChI is InChI=1S/C8H15N2O/c1-7(2)10(8(3)4)5-9-6-11/h5,7-8H,1-4H3. The fraction of sp³-hybridized carbons (Fsp3) is 0.750. The van der Waals surface area contributed by atoms with Crippen LogP contribution < -0.4 is 0 Å². The Morgan fingerprint density at radius 1 is 1.27 bits per heavy atom. The molecule has 0 aromatic carbocycles. The van der Waals surface area contributed by atoms with E-state index in [0.29, 0.717) is 12.1 Å². The molecule has 0 rings (SSSR count). The van der Waals surface area contributed by atoms with Gasteiger partial charge < -0.3 is 4.90 Å². The van der Waals surface area contributed by atoms with Crippen LogP contribution in [0.25, 0.3) is 0 Å². The van der Waals surface area contributed by atoms with Crippen LogP contribution in [0.1, 0.15) is 27.7 Å². The highest BCUT2D eigenvalue weighted by atomic mass is 16.1. The van der Waals surface area contributed by atoms with E-state index in [1.54, 1.807) is 0 Å². The molecule has 0 aromatic rings. The summed E-state index contributed by atoms with van der Waals surface area (Å²) in [4.78, 5) is 15.2. The molecular weight excluding hydrogens is 140 g/mol. The minimum Gasteiger partial charge on any atom is -0.358 e. The number of nitrogens with zero attached hydrogens (tertiary/aromatic N) is 2. The second kappa shape index (κ2) is 4.88. The van der Waals surface area contributed by atoms with Crippen molar-refractivity contribution in [1.29, 1.82) is 0 Å². The molecule has 0 fully saturated rings. The fourth-order valence-electron chi connectivity index (χ4n) is 0.953. The third kappa shape index (κ3) is 3.75. The van der Waals surface area contributed by atoms with Crippen LogP contribution >= 0.6 is 0 Å². The lowest BCUT2D eigenvalue weighted by Crippen LogP contribution is -2.35. The van der Waals surface area contributed by atoms with Gasteiger partial charge in [-0.05, 0) is 27.7 Å². The molecule has 3 nitrogen and oxygen atoms in total. The van der Waals surface area contributed by atoms with Crippen molar-refractivity contribution in [3.05, 3.63) is 0 Å². The highest BCUT2D eigenvalue weighted by Crippen LogP contribution is 2.00. The Labute approximate surface area is 68.1 Å². The van der Waals surface area contributed by atoms with Crippen molar-refractivity contribution in [3.8, 4) is 0 Å². The van der Waals surface area contributed by atoms with Crippen LogP contribution in [-0.2, 0) is 4.79 Å². The van der Waals surface area contributed by atoms with Crippen molar-refractivity contribution in [1.82, 2.24) is 4.90 Å². The molecule has 0 aliphatic heterocycles. The second-order valence-electron chi connectivity index (χ2n) is 2.97. The Bertz CT molecular complexity index is 133. The van der Waals surface area contributed by atoms with E-state index in [9.17, 15) is 4.79 Å². The molecule has 63 valence electrons. The molecule has 0 aliphatic rings. The first-order chi connectivity index (χ1) is 5.09. The van der Waals surface area contributed by atoms with Gasteiger partial charge in [0.1, 0.15) is 0 Å². The summed E-state index contributed by atoms with van der Waals surface area (Å²) >= 11 is 0. The van der Waals surface area contributed by atoms with E-state index in [-0.39, 0.29) is 0 Å². The average molecular weight is 155 g/mol. The monoisotopic (exact) mass is 155 g/mol. The van der Waals surface area contributed by atoms with Crippen LogP contribution in [-0.4, -0.2) is 29.7 Å². The van der Waals surface area contributed by atoms with Gasteiger partial charge in [-0.15, -0.1) is 0 Å². The van der Waals surface area contributed by atoms with E-state index >= 15 is 0 Å². The van der Waals surface area contributed by atoms with Gasteiger partial charge in [0.15, 0.2) is 0 Å². The molecule has 11 heavy (non-hydrogen) atoms. The minimum absolute atomic E-state index is 0.368. The number of aliphatic imine (C=N–C) groups is 1. The van der Waals surface area contributed by atoms with Crippen molar-refractivity contribution in [3.63, 3.8) is 0 Å². The zero-order valence-corrected chi connectivity index (χ0v) is 7.53. The van der Waals surface area contributed by atoms with Crippen molar-refractivity contribution in [2.45, 2.75) is 39.8 Å². The first-order valence-electron chi connectivity index (χ1n) is 3.77. The lowest BCUT2D eigenvalue weighted by molar-refractivity contribution is 0.301. The molecule has 0 saturated heterocycles. The Morgan fingerprint density at radius 2 is 1.73 bits per heavy atom. The Hall–Kier alpha value is -0.860. The van der Waals surface area contributed by atoms with E-state index < -0.39 is 0 Å². The third-order valence-corrected chi connectivity index (χ3v) is 1.44. The quantitative estimate of drug-likeness (QED) is 0.451. The van der Waals surface area contributed by atoms with Crippen LogP contribution in [0.2, 0.25) is 0 Å². The third-order valence-electron chi connectivity index (χ3n) is 1.44. The van der Waals surface area contributed by atoms with Gasteiger partial charge in [-0.25, -0.2) is 0 Å². The van der Waals surface area contributed by atoms with Gasteiger partial charge in [0.2, 0.25) is 0 Å². The summed E-state index contributed by atoms with van der Waals surface area (Å²) in [6.07, 6.45) is 3.02. The zero-order chi connectivity index (χ0) is 8.85. The maximum Gasteiger partial charge on any atom is 0.338 e. The van der Waals surface area contributed by atoms with Crippen molar-refractivity contribution < 1.29 is 4.79 Å². The highest BCUT2D eigenvalue weighted by Gasteiger charge is 2.07. The molecule has 0 aliphatic carbocycles. The molecule has 0 spiro atoms. The van der Waals surface area contributed by atoms with Crippen molar-refractivity contribution >= 4 is 12.7 Å². The van der Waals surface area contributed by atoms with Gasteiger partial charge in [0.25, 0.3) is 0 Å². The average Bonchev–Trinajstić information content (AvgIpc) is 1.87. The zero-order valence-electron chi connectivity index (χ0n) is 7.53. The topological polar surface area (TPSA) is 32.7 Å². The smallest absolute Gasteiger partial charge is 0.338 e. The van der Waals surface area contributed by atoms with Crippen LogP contribution in [0.4, 0.5) is 0 Å². The number of carbonyl (C=O) groups excluding carboxylic acids is 1. The van der Waals surface area contributed by atoms with Gasteiger partial charge in [-0.3, -0.25) is 4.79 Å². The first-order valence-corrected chi connectivity index (χ1v) is 3.77. The van der Waals surface area contributed by atoms with Crippen molar-refractivity contribution in [2.24, 2.45) is 4.99 Å². The molecule has 0 bridgehead atoms. The highest BCUT2D eigenvalue weighted by molar-refractivity contribution is 5.68. The van der Waals surface area contributed by atoms with Gasteiger partial charge in [-0.1, -0.05) is 0 Å². The SMILES string of the molecule is CC(C)N(C=N[C]=O)C(C)C. The molecule has 0 aromatic heterocycles. The number of amides is 1. The Morgan fingerprint density at radius 3 is 2.00 bits per heavy atom. The minimum atomic E-state index is 0.368. The van der Waals surface area contributed by atoms with Gasteiger partial charge >= 0.3 is 6.41 Å². The second-order valence-corrected chi connectivity index (χ2v) is 2.97. The van der Waals surface area contributed by atoms with E-state index in [4.69, 9.17) is 0 Å². The van der Waals surface area contributed by atoms with E-state index in [1.165, 1.54) is 12.7 Å². The van der Waals surface area contributed by atoms with Gasteiger partial charge in [0, 0.05) is 12.1 Å². The van der Waals surface area contributed by atoms with Crippen LogP contribution in [0.5, 0.6) is 0 Å². The van der Waals surface area contributed by atoms with Gasteiger partial charge in [-0.2, -0.15) is 4.99 Å². The molecule has 1 radical (unpaired) electrons. The summed E-state index contributed by atoms with van der Waals surface area (Å²) < 4.78 is 0. The number of hydrogen-bond donors (Lipinski definition) is 0. The lowest BCUT2D eigenvalue weighted by Gasteiger charge is -2.27. The maximum absolute atomic E-state index is 9.80. The Balaban J connectivity index is 4.10. The summed E-state index contributed by atoms with van der Waals surface area (Å²) in [5.74, 6) is 0.